The molecule has 0 aromatic heterocycles. The van der Waals surface area contributed by atoms with Crippen molar-refractivity contribution in [3.8, 4) is 0 Å². The molecular weight excluding hydrogens is 260 g/mol. The van der Waals surface area contributed by atoms with E-state index in [9.17, 15) is 9.59 Å². The van der Waals surface area contributed by atoms with Gasteiger partial charge in [-0.25, -0.2) is 0 Å². The molecule has 0 spiro atoms. The number of ether oxygens (including phenoxy) is 1. The van der Waals surface area contributed by atoms with Crippen LogP contribution in [0.3, 0.4) is 0 Å². The highest BCUT2D eigenvalue weighted by Crippen LogP contribution is 2.18. The number of hydrogen-bond acceptors (Lipinski definition) is 4. The van der Waals surface area contributed by atoms with Crippen LogP contribution in [0.25, 0.3) is 0 Å². The number of benzene rings is 1. The van der Waals surface area contributed by atoms with Gasteiger partial charge in [-0.1, -0.05) is 49.0 Å². The number of thioether (sulfide) groups is 1. The summed E-state index contributed by atoms with van der Waals surface area (Å²) in [5, 5.41) is -0.0176. The lowest BCUT2D eigenvalue weighted by molar-refractivity contribution is -0.158. The summed E-state index contributed by atoms with van der Waals surface area (Å²) in [6, 6.07) is 9.06. The Balaban J connectivity index is 2.44. The van der Waals surface area contributed by atoms with Crippen LogP contribution in [0.2, 0.25) is 0 Å². The zero-order valence-electron chi connectivity index (χ0n) is 11.8. The van der Waals surface area contributed by atoms with Crippen molar-refractivity contribution in [2.75, 3.05) is 5.75 Å². The average Bonchev–Trinajstić information content (AvgIpc) is 2.34. The zero-order valence-corrected chi connectivity index (χ0v) is 12.6. The molecule has 19 heavy (non-hydrogen) atoms. The molecule has 0 unspecified atom stereocenters. The maximum absolute atomic E-state index is 11.9. The molecular formula is C15H20O3S. The number of carbonyl (C=O) groups excluding carboxylic acids is 2. The Morgan fingerprint density at radius 1 is 1.21 bits per heavy atom. The second kappa shape index (κ2) is 6.75. The van der Waals surface area contributed by atoms with Crippen molar-refractivity contribution in [1.29, 1.82) is 0 Å². The number of hydrogen-bond donors (Lipinski definition) is 0. The van der Waals surface area contributed by atoms with Crippen LogP contribution in [0, 0.1) is 5.92 Å². The van der Waals surface area contributed by atoms with E-state index in [2.05, 4.69) is 0 Å². The number of esters is 1. The predicted molar refractivity (Wildman–Crippen MR) is 78.2 cm³/mol. The van der Waals surface area contributed by atoms with Crippen molar-refractivity contribution in [3.63, 3.8) is 0 Å². The van der Waals surface area contributed by atoms with E-state index in [1.807, 2.05) is 39.0 Å². The summed E-state index contributed by atoms with van der Waals surface area (Å²) in [6.07, 6.45) is 0. The Morgan fingerprint density at radius 2 is 1.79 bits per heavy atom. The number of rotatable bonds is 4. The topological polar surface area (TPSA) is 43.4 Å². The van der Waals surface area contributed by atoms with E-state index in [1.54, 1.807) is 19.1 Å². The summed E-state index contributed by atoms with van der Waals surface area (Å²) in [6.45, 7) is 7.28. The van der Waals surface area contributed by atoms with E-state index < -0.39 is 5.60 Å². The highest BCUT2D eigenvalue weighted by atomic mass is 32.2. The third-order valence-corrected chi connectivity index (χ3v) is 3.45. The lowest BCUT2D eigenvalue weighted by Gasteiger charge is -2.21. The van der Waals surface area contributed by atoms with Crippen LogP contribution in [0.4, 0.5) is 0 Å². The molecule has 0 aliphatic rings. The average molecular weight is 280 g/mol. The Bertz CT molecular complexity index is 434. The third-order valence-electron chi connectivity index (χ3n) is 2.28. The van der Waals surface area contributed by atoms with Crippen molar-refractivity contribution in [2.24, 2.45) is 5.92 Å². The second-order valence-corrected chi connectivity index (χ2v) is 6.39. The summed E-state index contributed by atoms with van der Waals surface area (Å²) in [7, 11) is 0. The van der Waals surface area contributed by atoms with Gasteiger partial charge in [-0.05, 0) is 20.8 Å². The van der Waals surface area contributed by atoms with Crippen molar-refractivity contribution < 1.29 is 14.3 Å². The van der Waals surface area contributed by atoms with Crippen LogP contribution in [0.5, 0.6) is 0 Å². The van der Waals surface area contributed by atoms with Crippen LogP contribution in [-0.4, -0.2) is 22.4 Å². The van der Waals surface area contributed by atoms with Crippen molar-refractivity contribution in [1.82, 2.24) is 0 Å². The summed E-state index contributed by atoms with van der Waals surface area (Å²) in [5.74, 6) is -0.124. The molecule has 0 fully saturated rings. The fourth-order valence-electron chi connectivity index (χ4n) is 1.33. The van der Waals surface area contributed by atoms with Gasteiger partial charge in [0.25, 0.3) is 0 Å². The van der Waals surface area contributed by atoms with Gasteiger partial charge < -0.3 is 4.74 Å². The zero-order chi connectivity index (χ0) is 14.5. The minimum atomic E-state index is -0.487. The van der Waals surface area contributed by atoms with E-state index in [0.717, 1.165) is 11.8 Å². The minimum absolute atomic E-state index is 0.0176. The summed E-state index contributed by atoms with van der Waals surface area (Å²) in [5.41, 5.74) is 0.170. The monoisotopic (exact) mass is 280 g/mol. The first-order chi connectivity index (χ1) is 8.79. The van der Waals surface area contributed by atoms with E-state index in [1.165, 1.54) is 0 Å². The molecule has 4 heteroatoms. The first-order valence-electron chi connectivity index (χ1n) is 6.24. The van der Waals surface area contributed by atoms with Gasteiger partial charge >= 0.3 is 5.97 Å². The van der Waals surface area contributed by atoms with Crippen LogP contribution < -0.4 is 0 Å². The Hall–Kier alpha value is -1.29. The van der Waals surface area contributed by atoms with Crippen LogP contribution in [-0.2, 0) is 9.53 Å². The minimum Gasteiger partial charge on any atom is -0.460 e. The van der Waals surface area contributed by atoms with E-state index >= 15 is 0 Å². The van der Waals surface area contributed by atoms with E-state index in [0.29, 0.717) is 11.3 Å². The highest BCUT2D eigenvalue weighted by Gasteiger charge is 2.22. The molecule has 0 aliphatic carbocycles. The van der Waals surface area contributed by atoms with Crippen molar-refractivity contribution in [2.45, 2.75) is 33.3 Å². The molecule has 0 N–H and O–H groups in total. The quantitative estimate of drug-likeness (QED) is 0.791. The van der Waals surface area contributed by atoms with Gasteiger partial charge in [-0.15, -0.1) is 0 Å². The van der Waals surface area contributed by atoms with Gasteiger partial charge in [-0.3, -0.25) is 9.59 Å². The van der Waals surface area contributed by atoms with Gasteiger partial charge in [0, 0.05) is 11.3 Å². The fourth-order valence-corrected chi connectivity index (χ4v) is 2.17. The Morgan fingerprint density at radius 3 is 2.32 bits per heavy atom. The highest BCUT2D eigenvalue weighted by molar-refractivity contribution is 8.14. The Kier molecular flexibility index (Phi) is 5.60. The molecule has 0 saturated carbocycles. The SMILES string of the molecule is C[C@H](CSC(=O)c1ccccc1)C(=O)OC(C)(C)C. The molecule has 0 radical (unpaired) electrons. The molecule has 1 rings (SSSR count). The molecule has 3 nitrogen and oxygen atoms in total. The molecule has 0 amide bonds. The molecule has 104 valence electrons. The molecule has 1 atom stereocenters. The molecule has 0 saturated heterocycles. The standard InChI is InChI=1S/C15H20O3S/c1-11(13(16)18-15(2,3)4)10-19-14(17)12-8-6-5-7-9-12/h5-9,11H,10H2,1-4H3/t11-/m1/s1. The molecule has 1 aromatic rings. The molecule has 0 heterocycles. The Labute approximate surface area is 118 Å². The van der Waals surface area contributed by atoms with Crippen molar-refractivity contribution in [3.05, 3.63) is 35.9 Å². The van der Waals surface area contributed by atoms with Gasteiger partial charge in [0.05, 0.1) is 5.92 Å². The molecule has 1 aromatic carbocycles. The molecule has 0 aliphatic heterocycles. The van der Waals surface area contributed by atoms with Crippen LogP contribution >= 0.6 is 11.8 Å². The number of carbonyl (C=O) groups is 2. The molecule has 0 bridgehead atoms. The predicted octanol–water partition coefficient (Wildman–Crippen LogP) is 3.54. The first-order valence-corrected chi connectivity index (χ1v) is 7.23. The lowest BCUT2D eigenvalue weighted by atomic mass is 10.1. The summed E-state index contributed by atoms with van der Waals surface area (Å²) >= 11 is 1.15. The van der Waals surface area contributed by atoms with E-state index in [4.69, 9.17) is 4.74 Å². The normalized spacial score (nSPS) is 12.8. The lowest BCUT2D eigenvalue weighted by Crippen LogP contribution is -2.28. The maximum atomic E-state index is 11.9. The third kappa shape index (κ3) is 5.92. The van der Waals surface area contributed by atoms with Gasteiger partial charge in [-0.2, -0.15) is 0 Å². The largest absolute Gasteiger partial charge is 0.460 e. The summed E-state index contributed by atoms with van der Waals surface area (Å²) < 4.78 is 5.27. The van der Waals surface area contributed by atoms with Gasteiger partial charge in [0.2, 0.25) is 5.12 Å². The van der Waals surface area contributed by atoms with Crippen LogP contribution in [0.1, 0.15) is 38.1 Å². The summed E-state index contributed by atoms with van der Waals surface area (Å²) in [4.78, 5) is 23.6. The van der Waals surface area contributed by atoms with Gasteiger partial charge in [0.15, 0.2) is 0 Å². The maximum Gasteiger partial charge on any atom is 0.310 e. The van der Waals surface area contributed by atoms with E-state index in [-0.39, 0.29) is 17.0 Å². The van der Waals surface area contributed by atoms with Crippen LogP contribution in [0.15, 0.2) is 30.3 Å². The second-order valence-electron chi connectivity index (χ2n) is 5.40. The van der Waals surface area contributed by atoms with Crippen molar-refractivity contribution >= 4 is 22.8 Å². The fraction of sp³-hybridized carbons (Fsp3) is 0.467. The van der Waals surface area contributed by atoms with Gasteiger partial charge in [0.1, 0.15) is 5.60 Å². The smallest absolute Gasteiger partial charge is 0.310 e. The first kappa shape index (κ1) is 15.8.